The lowest BCUT2D eigenvalue weighted by molar-refractivity contribution is -0.140. The molecule has 2 heterocycles. The average molecular weight is 699 g/mol. The first-order valence-electron chi connectivity index (χ1n) is 15.6. The second kappa shape index (κ2) is 18.0. The molecular weight excluding hydrogens is 664 g/mol. The van der Waals surface area contributed by atoms with E-state index in [1.54, 1.807) is 23.2 Å². The summed E-state index contributed by atoms with van der Waals surface area (Å²) in [5.74, 6) is 10.6. The topological polar surface area (TPSA) is 141 Å². The Morgan fingerprint density at radius 1 is 0.538 bits per heavy atom. The fourth-order valence-corrected chi connectivity index (χ4v) is 4.53. The van der Waals surface area contributed by atoms with Gasteiger partial charge in [0.15, 0.2) is 11.6 Å². The van der Waals surface area contributed by atoms with Crippen molar-refractivity contribution in [2.75, 3.05) is 0 Å². The second-order valence-corrected chi connectivity index (χ2v) is 10.7. The average Bonchev–Trinajstić information content (AvgIpc) is 3.65. The van der Waals surface area contributed by atoms with E-state index >= 15 is 0 Å². The lowest BCUT2D eigenvalue weighted by atomic mass is 10.0. The number of hydrogen-bond acceptors (Lipinski definition) is 10. The first-order chi connectivity index (χ1) is 25.1. The Kier molecular flexibility index (Phi) is 13.0. The molecule has 0 spiro atoms. The molecule has 0 unspecified atom stereocenters. The van der Waals surface area contributed by atoms with Gasteiger partial charge in [-0.15, -0.1) is 0 Å². The van der Waals surface area contributed by atoms with Crippen LogP contribution in [0.2, 0.25) is 0 Å². The quantitative estimate of drug-likeness (QED) is 0.0846. The van der Waals surface area contributed by atoms with E-state index in [2.05, 4.69) is 60.0 Å². The van der Waals surface area contributed by atoms with Crippen LogP contribution < -0.4 is 0 Å². The molecule has 0 atom stereocenters. The Balaban J connectivity index is 1.49. The zero-order valence-electron chi connectivity index (χ0n) is 28.6. The zero-order chi connectivity index (χ0) is 37.6. The summed E-state index contributed by atoms with van der Waals surface area (Å²) in [6.45, 7) is 13.1. The van der Waals surface area contributed by atoms with Crippen molar-refractivity contribution < 1.29 is 38.1 Å². The van der Waals surface area contributed by atoms with Crippen molar-refractivity contribution in [2.45, 2.75) is 26.4 Å². The highest BCUT2D eigenvalue weighted by molar-refractivity contribution is 5.82. The summed E-state index contributed by atoms with van der Waals surface area (Å²) < 4.78 is 24.0. The Labute approximate surface area is 300 Å². The Morgan fingerprint density at radius 2 is 0.846 bits per heavy atom. The maximum atomic E-state index is 11.6. The number of aromatic nitrogens is 4. The van der Waals surface area contributed by atoms with Gasteiger partial charge in [0.05, 0.1) is 11.4 Å². The fraction of sp³-hybridized carbons (Fsp3) is 0.150. The minimum atomic E-state index is -0.611. The minimum absolute atomic E-state index is 0.106. The first kappa shape index (κ1) is 37.6. The Morgan fingerprint density at radius 3 is 1.15 bits per heavy atom. The van der Waals surface area contributed by atoms with E-state index in [1.807, 2.05) is 48.5 Å². The van der Waals surface area contributed by atoms with Gasteiger partial charge < -0.3 is 28.1 Å². The predicted molar refractivity (Wildman–Crippen MR) is 190 cm³/mol. The molecule has 4 rings (SSSR count). The Bertz CT molecular complexity index is 2010. The van der Waals surface area contributed by atoms with Crippen LogP contribution in [0.15, 0.2) is 99.2 Å². The van der Waals surface area contributed by atoms with E-state index in [0.29, 0.717) is 34.4 Å². The molecule has 4 aromatic rings. The van der Waals surface area contributed by atoms with Crippen molar-refractivity contribution in [2.24, 2.45) is 14.1 Å². The Hall–Kier alpha value is -7.18. The van der Waals surface area contributed by atoms with Gasteiger partial charge in [-0.3, -0.25) is 0 Å². The van der Waals surface area contributed by atoms with E-state index in [9.17, 15) is 19.2 Å². The van der Waals surface area contributed by atoms with Crippen molar-refractivity contribution >= 4 is 23.9 Å². The van der Waals surface area contributed by atoms with E-state index in [4.69, 9.17) is 18.9 Å². The third-order valence-electron chi connectivity index (χ3n) is 7.40. The molecule has 0 amide bonds. The van der Waals surface area contributed by atoms with Gasteiger partial charge in [0.25, 0.3) is 0 Å². The van der Waals surface area contributed by atoms with E-state index in [1.165, 1.54) is 0 Å². The van der Waals surface area contributed by atoms with Crippen LogP contribution in [0, 0.1) is 23.7 Å². The molecule has 0 aliphatic carbocycles. The zero-order valence-corrected chi connectivity index (χ0v) is 28.6. The molecule has 12 heteroatoms. The van der Waals surface area contributed by atoms with Gasteiger partial charge in [-0.2, -0.15) is 0 Å². The van der Waals surface area contributed by atoms with Crippen molar-refractivity contribution in [1.82, 2.24) is 19.1 Å². The number of rotatable bonds is 13. The fourth-order valence-electron chi connectivity index (χ4n) is 4.53. The van der Waals surface area contributed by atoms with Crippen LogP contribution in [0.1, 0.15) is 45.6 Å². The van der Waals surface area contributed by atoms with Crippen LogP contribution >= 0.6 is 0 Å². The molecule has 0 radical (unpaired) electrons. The van der Waals surface area contributed by atoms with Gasteiger partial charge in [0, 0.05) is 49.5 Å². The van der Waals surface area contributed by atoms with Crippen LogP contribution in [0.5, 0.6) is 0 Å². The SMILES string of the molecule is C=CC(=O)OCc1nc(C#Cc2ccc(-c3ccc(C#Cc4nc(COC(=O)C=C)c(COC(=O)C=C)n4C)cc3)cc2)n(C)c1COC(=O)C=C. The molecule has 0 saturated carbocycles. The molecule has 262 valence electrons. The van der Waals surface area contributed by atoms with Crippen LogP contribution in [-0.2, 0) is 78.6 Å². The third-order valence-corrected chi connectivity index (χ3v) is 7.40. The number of nitrogens with zero attached hydrogens (tertiary/aromatic N) is 4. The van der Waals surface area contributed by atoms with Gasteiger partial charge in [0.1, 0.15) is 37.8 Å². The van der Waals surface area contributed by atoms with Gasteiger partial charge in [-0.1, -0.05) is 62.4 Å². The van der Waals surface area contributed by atoms with E-state index < -0.39 is 23.9 Å². The summed E-state index contributed by atoms with van der Waals surface area (Å²) >= 11 is 0. The van der Waals surface area contributed by atoms with E-state index in [0.717, 1.165) is 46.6 Å². The maximum absolute atomic E-state index is 11.6. The largest absolute Gasteiger partial charge is 0.456 e. The number of benzene rings is 2. The molecular formula is C40H34N4O8. The van der Waals surface area contributed by atoms with Crippen molar-refractivity contribution in [3.8, 4) is 34.8 Å². The first-order valence-corrected chi connectivity index (χ1v) is 15.6. The normalized spacial score (nSPS) is 9.96. The molecule has 2 aromatic heterocycles. The lowest BCUT2D eigenvalue weighted by Crippen LogP contribution is -2.09. The number of carbonyl (C=O) groups is 4. The smallest absolute Gasteiger partial charge is 0.330 e. The highest BCUT2D eigenvalue weighted by Crippen LogP contribution is 2.21. The lowest BCUT2D eigenvalue weighted by Gasteiger charge is -2.07. The van der Waals surface area contributed by atoms with Crippen LogP contribution in [-0.4, -0.2) is 43.0 Å². The highest BCUT2D eigenvalue weighted by Gasteiger charge is 2.18. The standard InChI is InChI=1S/C40H34N4O8/c1-7-37(45)49-23-31-33(25-51-39(47)9-3)43(5)35(41-31)21-15-27-11-17-29(18-12-27)30-19-13-28(14-20-30)16-22-36-42-32(24-50-38(46)8-2)34(44(36)6)26-52-40(48)10-4/h7-14,17-20H,1-4,23-26H2,5-6H3. The summed E-state index contributed by atoms with van der Waals surface area (Å²) in [4.78, 5) is 55.5. The number of carbonyl (C=O) groups excluding carboxylic acids is 4. The van der Waals surface area contributed by atoms with Gasteiger partial charge >= 0.3 is 23.9 Å². The summed E-state index contributed by atoms with van der Waals surface area (Å²) in [7, 11) is 3.45. The molecule has 52 heavy (non-hydrogen) atoms. The van der Waals surface area contributed by atoms with Crippen LogP contribution in [0.25, 0.3) is 11.1 Å². The number of ether oxygens (including phenoxy) is 4. The second-order valence-electron chi connectivity index (χ2n) is 10.7. The van der Waals surface area contributed by atoms with Crippen molar-refractivity contribution in [3.63, 3.8) is 0 Å². The monoisotopic (exact) mass is 698 g/mol. The number of imidazole rings is 2. The molecule has 0 aliphatic rings. The molecule has 0 aliphatic heterocycles. The number of esters is 4. The molecule has 0 saturated heterocycles. The highest BCUT2D eigenvalue weighted by atomic mass is 16.5. The van der Waals surface area contributed by atoms with E-state index in [-0.39, 0.29) is 26.4 Å². The van der Waals surface area contributed by atoms with Crippen molar-refractivity contribution in [3.05, 3.63) is 145 Å². The summed E-state index contributed by atoms with van der Waals surface area (Å²) in [6.07, 6.45) is 4.21. The molecule has 0 fully saturated rings. The summed E-state index contributed by atoms with van der Waals surface area (Å²) in [6, 6.07) is 15.3. The molecule has 2 aromatic carbocycles. The minimum Gasteiger partial charge on any atom is -0.456 e. The van der Waals surface area contributed by atoms with Gasteiger partial charge in [0.2, 0.25) is 0 Å². The van der Waals surface area contributed by atoms with Gasteiger partial charge in [-0.05, 0) is 47.2 Å². The summed E-state index contributed by atoms with van der Waals surface area (Å²) in [5, 5.41) is 0. The van der Waals surface area contributed by atoms with Crippen molar-refractivity contribution in [1.29, 1.82) is 0 Å². The molecule has 0 bridgehead atoms. The molecule has 12 nitrogen and oxygen atoms in total. The molecule has 0 N–H and O–H groups in total. The van der Waals surface area contributed by atoms with Crippen LogP contribution in [0.3, 0.4) is 0 Å². The summed E-state index contributed by atoms with van der Waals surface area (Å²) in [5.41, 5.74) is 5.23. The predicted octanol–water partition coefficient (Wildman–Crippen LogP) is 4.54. The third kappa shape index (κ3) is 9.94. The maximum Gasteiger partial charge on any atom is 0.330 e. The number of hydrogen-bond donors (Lipinski definition) is 0. The van der Waals surface area contributed by atoms with Crippen LogP contribution in [0.4, 0.5) is 0 Å². The van der Waals surface area contributed by atoms with Gasteiger partial charge in [-0.25, -0.2) is 29.1 Å².